The van der Waals surface area contributed by atoms with E-state index in [0.29, 0.717) is 0 Å². The van der Waals surface area contributed by atoms with Crippen molar-refractivity contribution in [3.8, 4) is 0 Å². The smallest absolute Gasteiger partial charge is 0.0701 e. The fraction of sp³-hybridized carbons (Fsp3) is 0.294. The van der Waals surface area contributed by atoms with Gasteiger partial charge in [0.2, 0.25) is 0 Å². The molecule has 2 nitrogen and oxygen atoms in total. The first-order valence-corrected chi connectivity index (χ1v) is 7.86. The first-order valence-electron chi connectivity index (χ1n) is 6.78. The quantitative estimate of drug-likeness (QED) is 0.676. The van der Waals surface area contributed by atoms with Crippen LogP contribution in [0.5, 0.6) is 0 Å². The highest BCUT2D eigenvalue weighted by Gasteiger charge is 2.00. The topological polar surface area (TPSA) is 18.5 Å². The van der Waals surface area contributed by atoms with Crippen LogP contribution in [0, 0.1) is 3.57 Å². The molecule has 0 amide bonds. The third kappa shape index (κ3) is 4.30. The molecular formula is C17H19IO2. The maximum Gasteiger partial charge on any atom is 0.0701 e. The van der Waals surface area contributed by atoms with Crippen molar-refractivity contribution in [3.63, 3.8) is 0 Å². The van der Waals surface area contributed by atoms with E-state index >= 15 is 0 Å². The first kappa shape index (κ1) is 15.5. The number of fused-ring (bicyclic) bond motifs is 1. The van der Waals surface area contributed by atoms with Crippen molar-refractivity contribution in [2.75, 3.05) is 26.4 Å². The molecule has 1 heterocycles. The van der Waals surface area contributed by atoms with Crippen molar-refractivity contribution in [2.24, 2.45) is 0 Å². The molecule has 0 N–H and O–H groups in total. The Balaban J connectivity index is 0.000000205. The fourth-order valence-corrected chi connectivity index (χ4v) is 2.85. The number of ether oxygens (including phenoxy) is 2. The number of hydrogen-bond acceptors (Lipinski definition) is 2. The van der Waals surface area contributed by atoms with Crippen LogP contribution in [-0.2, 0) is 9.47 Å². The molecule has 0 aromatic heterocycles. The van der Waals surface area contributed by atoms with Crippen molar-refractivity contribution in [1.29, 1.82) is 0 Å². The molecule has 0 aliphatic carbocycles. The molecule has 3 heteroatoms. The number of halogens is 1. The minimum Gasteiger partial charge on any atom is -0.377 e. The molecule has 1 aliphatic heterocycles. The molecule has 1 aliphatic rings. The van der Waals surface area contributed by atoms with Crippen LogP contribution in [0.3, 0.4) is 0 Å². The van der Waals surface area contributed by atoms with Crippen LogP contribution >= 0.6 is 22.6 Å². The third-order valence-corrected chi connectivity index (χ3v) is 4.19. The van der Waals surface area contributed by atoms with E-state index in [1.807, 2.05) is 6.92 Å². The van der Waals surface area contributed by atoms with E-state index in [0.717, 1.165) is 26.4 Å². The monoisotopic (exact) mass is 382 g/mol. The molecule has 2 aromatic rings. The average molecular weight is 382 g/mol. The van der Waals surface area contributed by atoms with E-state index in [4.69, 9.17) is 9.47 Å². The second-order valence-corrected chi connectivity index (χ2v) is 5.49. The molecular weight excluding hydrogens is 363 g/mol. The van der Waals surface area contributed by atoms with Crippen molar-refractivity contribution < 1.29 is 9.47 Å². The molecule has 0 saturated carbocycles. The van der Waals surface area contributed by atoms with Crippen LogP contribution in [0.15, 0.2) is 42.5 Å². The number of benzene rings is 2. The highest BCUT2D eigenvalue weighted by atomic mass is 127. The molecule has 0 spiro atoms. The normalized spacial score (nSPS) is 15.1. The van der Waals surface area contributed by atoms with Gasteiger partial charge in [0.1, 0.15) is 0 Å². The second-order valence-electron chi connectivity index (χ2n) is 4.41. The Kier molecular flexibility index (Phi) is 6.50. The van der Waals surface area contributed by atoms with E-state index in [2.05, 4.69) is 71.1 Å². The van der Waals surface area contributed by atoms with Crippen LogP contribution in [0.25, 0.3) is 16.8 Å². The Bertz CT molecular complexity index is 563. The Labute approximate surface area is 133 Å². The average Bonchev–Trinajstić information content (AvgIpc) is 2.53. The van der Waals surface area contributed by atoms with Crippen LogP contribution in [-0.4, -0.2) is 26.4 Å². The molecule has 3 rings (SSSR count). The molecule has 1 saturated heterocycles. The molecule has 0 atom stereocenters. The summed E-state index contributed by atoms with van der Waals surface area (Å²) in [5.41, 5.74) is 1.30. The van der Waals surface area contributed by atoms with Crippen molar-refractivity contribution in [1.82, 2.24) is 0 Å². The van der Waals surface area contributed by atoms with Crippen LogP contribution in [0.2, 0.25) is 0 Å². The Morgan fingerprint density at radius 2 is 1.60 bits per heavy atom. The number of allylic oxidation sites excluding steroid dienone is 1. The Morgan fingerprint density at radius 3 is 2.20 bits per heavy atom. The summed E-state index contributed by atoms with van der Waals surface area (Å²) in [6, 6.07) is 12.8. The fourth-order valence-electron chi connectivity index (χ4n) is 2.00. The number of hydrogen-bond donors (Lipinski definition) is 0. The minimum atomic E-state index is 0.778. The van der Waals surface area contributed by atoms with E-state index in [1.54, 1.807) is 0 Å². The zero-order valence-corrected chi connectivity index (χ0v) is 13.8. The Hall–Kier alpha value is -0.910. The lowest BCUT2D eigenvalue weighted by Crippen LogP contribution is -2.16. The predicted octanol–water partition coefficient (Wildman–Crippen LogP) is 4.51. The maximum atomic E-state index is 4.94. The summed E-state index contributed by atoms with van der Waals surface area (Å²) in [5, 5.41) is 2.65. The van der Waals surface area contributed by atoms with Crippen LogP contribution in [0.4, 0.5) is 0 Å². The third-order valence-electron chi connectivity index (χ3n) is 2.98. The van der Waals surface area contributed by atoms with Gasteiger partial charge in [-0.05, 0) is 45.9 Å². The predicted molar refractivity (Wildman–Crippen MR) is 93.0 cm³/mol. The Morgan fingerprint density at radius 1 is 0.950 bits per heavy atom. The lowest BCUT2D eigenvalue weighted by molar-refractivity contribution is -0.0334. The highest BCUT2D eigenvalue weighted by molar-refractivity contribution is 14.1. The van der Waals surface area contributed by atoms with Crippen molar-refractivity contribution in [2.45, 2.75) is 6.92 Å². The van der Waals surface area contributed by atoms with Gasteiger partial charge in [-0.1, -0.05) is 48.6 Å². The molecule has 1 fully saturated rings. The summed E-state index contributed by atoms with van der Waals surface area (Å²) in [7, 11) is 0. The number of rotatable bonds is 1. The summed E-state index contributed by atoms with van der Waals surface area (Å²) in [6.07, 6.45) is 4.22. The van der Waals surface area contributed by atoms with Gasteiger partial charge in [0.05, 0.1) is 26.4 Å². The van der Waals surface area contributed by atoms with Crippen molar-refractivity contribution in [3.05, 3.63) is 51.6 Å². The first-order chi connectivity index (χ1) is 9.83. The van der Waals surface area contributed by atoms with Gasteiger partial charge in [-0.15, -0.1) is 0 Å². The molecule has 0 radical (unpaired) electrons. The summed E-state index contributed by atoms with van der Waals surface area (Å²) < 4.78 is 11.2. The molecule has 2 aromatic carbocycles. The molecule has 0 unspecified atom stereocenters. The molecule has 20 heavy (non-hydrogen) atoms. The largest absolute Gasteiger partial charge is 0.377 e. The lowest BCUT2D eigenvalue weighted by atomic mass is 10.1. The van der Waals surface area contributed by atoms with E-state index < -0.39 is 0 Å². The summed E-state index contributed by atoms with van der Waals surface area (Å²) >= 11 is 2.41. The minimum absolute atomic E-state index is 0.778. The lowest BCUT2D eigenvalue weighted by Gasteiger charge is -2.09. The summed E-state index contributed by atoms with van der Waals surface area (Å²) in [4.78, 5) is 0. The van der Waals surface area contributed by atoms with Gasteiger partial charge < -0.3 is 9.47 Å². The SMILES string of the molecule is C/C=C/c1ccc2ccccc2c1I.C1COCCO1. The van der Waals surface area contributed by atoms with Crippen molar-refractivity contribution >= 4 is 39.4 Å². The zero-order valence-electron chi connectivity index (χ0n) is 11.6. The van der Waals surface area contributed by atoms with Gasteiger partial charge in [0.15, 0.2) is 0 Å². The van der Waals surface area contributed by atoms with Gasteiger partial charge >= 0.3 is 0 Å². The summed E-state index contributed by atoms with van der Waals surface area (Å²) in [6.45, 7) is 5.16. The van der Waals surface area contributed by atoms with E-state index in [1.165, 1.54) is 19.9 Å². The second kappa shape index (κ2) is 8.39. The van der Waals surface area contributed by atoms with Gasteiger partial charge in [0, 0.05) is 3.57 Å². The highest BCUT2D eigenvalue weighted by Crippen LogP contribution is 2.24. The van der Waals surface area contributed by atoms with Gasteiger partial charge in [-0.3, -0.25) is 0 Å². The zero-order chi connectivity index (χ0) is 14.2. The maximum absolute atomic E-state index is 4.94. The van der Waals surface area contributed by atoms with Crippen LogP contribution < -0.4 is 0 Å². The standard InChI is InChI=1S/C13H11I.C4H8O2/c1-2-5-11-9-8-10-6-3-4-7-12(10)13(11)14;1-2-6-4-3-5-1/h2-9H,1H3;1-4H2/b5-2+;. The van der Waals surface area contributed by atoms with E-state index in [9.17, 15) is 0 Å². The van der Waals surface area contributed by atoms with E-state index in [-0.39, 0.29) is 0 Å². The molecule has 0 bridgehead atoms. The van der Waals surface area contributed by atoms with Crippen LogP contribution in [0.1, 0.15) is 12.5 Å². The van der Waals surface area contributed by atoms with Gasteiger partial charge in [0.25, 0.3) is 0 Å². The summed E-state index contributed by atoms with van der Waals surface area (Å²) in [5.74, 6) is 0. The van der Waals surface area contributed by atoms with Gasteiger partial charge in [-0.2, -0.15) is 0 Å². The van der Waals surface area contributed by atoms with Gasteiger partial charge in [-0.25, -0.2) is 0 Å². The molecule has 106 valence electrons.